The van der Waals surface area contributed by atoms with Gasteiger partial charge in [-0.05, 0) is 38.6 Å². The highest BCUT2D eigenvalue weighted by molar-refractivity contribution is 6.38. The van der Waals surface area contributed by atoms with Gasteiger partial charge in [0.15, 0.2) is 5.78 Å². The molecule has 0 aromatic heterocycles. The van der Waals surface area contributed by atoms with Crippen molar-refractivity contribution in [3.8, 4) is 0 Å². The van der Waals surface area contributed by atoms with Gasteiger partial charge in [-0.1, -0.05) is 6.92 Å². The largest absolute Gasteiger partial charge is 0.552 e. The zero-order chi connectivity index (χ0) is 13.9. The second-order valence-corrected chi connectivity index (χ2v) is 5.48. The summed E-state index contributed by atoms with van der Waals surface area (Å²) in [5.74, 6) is 0.0625. The maximum atomic E-state index is 12.5. The summed E-state index contributed by atoms with van der Waals surface area (Å²) in [5, 5.41) is 21.0. The number of rotatable bonds is 6. The average molecular weight is 269 g/mol. The van der Waals surface area contributed by atoms with E-state index in [4.69, 9.17) is 0 Å². The first kappa shape index (κ1) is 14.9. The van der Waals surface area contributed by atoms with E-state index >= 15 is 0 Å². The molecular formula is C12H24BN3O3. The van der Waals surface area contributed by atoms with Crippen LogP contribution in [-0.4, -0.2) is 64.6 Å². The SMILES string of the molecule is CCC1(C(=O)CNN2CCCC2)CCCN1B(O)O. The lowest BCUT2D eigenvalue weighted by molar-refractivity contribution is -0.128. The van der Waals surface area contributed by atoms with E-state index in [0.29, 0.717) is 19.4 Å². The molecule has 2 aliphatic rings. The predicted molar refractivity (Wildman–Crippen MR) is 73.0 cm³/mol. The fourth-order valence-corrected chi connectivity index (χ4v) is 3.34. The van der Waals surface area contributed by atoms with Crippen molar-refractivity contribution in [2.75, 3.05) is 26.2 Å². The number of hydrogen-bond acceptors (Lipinski definition) is 6. The van der Waals surface area contributed by atoms with Gasteiger partial charge in [0.2, 0.25) is 0 Å². The van der Waals surface area contributed by atoms with Crippen molar-refractivity contribution in [1.29, 1.82) is 0 Å². The number of hydrazine groups is 1. The van der Waals surface area contributed by atoms with Crippen molar-refractivity contribution in [3.05, 3.63) is 0 Å². The van der Waals surface area contributed by atoms with Gasteiger partial charge in [0.1, 0.15) is 0 Å². The number of carbonyl (C=O) groups is 1. The highest BCUT2D eigenvalue weighted by Gasteiger charge is 2.49. The molecule has 2 rings (SSSR count). The standard InChI is InChI=1S/C12H24BN3O3/c1-2-12(6-5-9-16(12)13(18)19)11(17)10-14-15-7-3-4-8-15/h14,18-19H,2-10H2,1H3. The zero-order valence-electron chi connectivity index (χ0n) is 11.6. The van der Waals surface area contributed by atoms with Crippen molar-refractivity contribution < 1.29 is 14.8 Å². The van der Waals surface area contributed by atoms with Crippen LogP contribution in [0, 0.1) is 0 Å². The minimum atomic E-state index is -1.54. The summed E-state index contributed by atoms with van der Waals surface area (Å²) in [6.45, 7) is 4.75. The monoisotopic (exact) mass is 269 g/mol. The molecule has 6 nitrogen and oxygen atoms in total. The maximum absolute atomic E-state index is 12.5. The molecule has 0 radical (unpaired) electrons. The van der Waals surface area contributed by atoms with Crippen LogP contribution in [0.15, 0.2) is 0 Å². The van der Waals surface area contributed by atoms with Crippen molar-refractivity contribution in [3.63, 3.8) is 0 Å². The minimum Gasteiger partial charge on any atom is -0.413 e. The lowest BCUT2D eigenvalue weighted by atomic mass is 9.83. The van der Waals surface area contributed by atoms with Crippen LogP contribution in [0.1, 0.15) is 39.0 Å². The Labute approximate surface area is 114 Å². The first-order valence-corrected chi connectivity index (χ1v) is 7.25. The molecule has 108 valence electrons. The van der Waals surface area contributed by atoms with Gasteiger partial charge in [0.25, 0.3) is 0 Å². The molecule has 2 aliphatic heterocycles. The van der Waals surface area contributed by atoms with Crippen LogP contribution in [0.5, 0.6) is 0 Å². The summed E-state index contributed by atoms with van der Waals surface area (Å²) in [7, 11) is -1.54. The molecule has 0 aromatic rings. The van der Waals surface area contributed by atoms with E-state index in [1.807, 2.05) is 6.92 Å². The van der Waals surface area contributed by atoms with Crippen molar-refractivity contribution in [1.82, 2.24) is 15.2 Å². The number of carbonyl (C=O) groups excluding carboxylic acids is 1. The Bertz CT molecular complexity index is 323. The Balaban J connectivity index is 1.97. The van der Waals surface area contributed by atoms with E-state index in [-0.39, 0.29) is 12.3 Å². The lowest BCUT2D eigenvalue weighted by Crippen LogP contribution is -2.59. The van der Waals surface area contributed by atoms with Gasteiger partial charge in [0, 0.05) is 13.1 Å². The van der Waals surface area contributed by atoms with Crippen molar-refractivity contribution in [2.24, 2.45) is 0 Å². The first-order chi connectivity index (χ1) is 9.10. The van der Waals surface area contributed by atoms with E-state index in [0.717, 1.165) is 19.5 Å². The Kier molecular flexibility index (Phi) is 4.97. The topological polar surface area (TPSA) is 76.0 Å². The average Bonchev–Trinajstić information content (AvgIpc) is 3.05. The van der Waals surface area contributed by atoms with Crippen LogP contribution in [0.4, 0.5) is 0 Å². The maximum Gasteiger partial charge on any atom is 0.552 e. The highest BCUT2D eigenvalue weighted by atomic mass is 16.4. The van der Waals surface area contributed by atoms with Gasteiger partial charge in [-0.25, -0.2) is 10.4 Å². The van der Waals surface area contributed by atoms with Crippen LogP contribution in [0.25, 0.3) is 0 Å². The Hall–Kier alpha value is -0.465. The molecule has 2 saturated heterocycles. The molecule has 3 N–H and O–H groups in total. The zero-order valence-corrected chi connectivity index (χ0v) is 11.6. The molecule has 0 bridgehead atoms. The van der Waals surface area contributed by atoms with Gasteiger partial charge in [-0.2, -0.15) is 0 Å². The third-order valence-corrected chi connectivity index (χ3v) is 4.49. The molecule has 2 fully saturated rings. The molecular weight excluding hydrogens is 245 g/mol. The van der Waals surface area contributed by atoms with Crippen LogP contribution in [-0.2, 0) is 4.79 Å². The third-order valence-electron chi connectivity index (χ3n) is 4.49. The molecule has 0 spiro atoms. The fraction of sp³-hybridized carbons (Fsp3) is 0.917. The van der Waals surface area contributed by atoms with Crippen LogP contribution < -0.4 is 5.43 Å². The first-order valence-electron chi connectivity index (χ1n) is 7.25. The summed E-state index contributed by atoms with van der Waals surface area (Å²) in [4.78, 5) is 14.0. The smallest absolute Gasteiger partial charge is 0.413 e. The summed E-state index contributed by atoms with van der Waals surface area (Å²) in [6, 6.07) is 0. The molecule has 2 heterocycles. The molecule has 7 heteroatoms. The fourth-order valence-electron chi connectivity index (χ4n) is 3.34. The molecule has 0 amide bonds. The Morgan fingerprint density at radius 1 is 1.26 bits per heavy atom. The van der Waals surface area contributed by atoms with Gasteiger partial charge in [0.05, 0.1) is 12.1 Å². The normalized spacial score (nSPS) is 29.0. The summed E-state index contributed by atoms with van der Waals surface area (Å²) >= 11 is 0. The van der Waals surface area contributed by atoms with Gasteiger partial charge < -0.3 is 10.0 Å². The quantitative estimate of drug-likeness (QED) is 0.557. The van der Waals surface area contributed by atoms with E-state index < -0.39 is 12.8 Å². The summed E-state index contributed by atoms with van der Waals surface area (Å²) < 4.78 is 0. The van der Waals surface area contributed by atoms with Crippen LogP contribution in [0.2, 0.25) is 0 Å². The summed E-state index contributed by atoms with van der Waals surface area (Å²) in [5.41, 5.74) is 2.46. The van der Waals surface area contributed by atoms with Crippen molar-refractivity contribution in [2.45, 2.75) is 44.6 Å². The predicted octanol–water partition coefficient (Wildman–Crippen LogP) is -0.630. The molecule has 0 aliphatic carbocycles. The second-order valence-electron chi connectivity index (χ2n) is 5.48. The summed E-state index contributed by atoms with van der Waals surface area (Å²) in [6.07, 6.45) is 4.50. The third kappa shape index (κ3) is 3.00. The number of nitrogens with one attached hydrogen (secondary N) is 1. The minimum absolute atomic E-state index is 0.0625. The van der Waals surface area contributed by atoms with E-state index in [9.17, 15) is 14.8 Å². The van der Waals surface area contributed by atoms with Gasteiger partial charge in [-0.3, -0.25) is 9.61 Å². The number of Topliss-reactive ketones (excluding diaryl/α,β-unsaturated/α-hetero) is 1. The van der Waals surface area contributed by atoms with E-state index in [2.05, 4.69) is 10.4 Å². The number of nitrogens with zero attached hydrogens (tertiary/aromatic N) is 2. The van der Waals surface area contributed by atoms with E-state index in [1.165, 1.54) is 17.7 Å². The van der Waals surface area contributed by atoms with E-state index in [1.54, 1.807) is 0 Å². The molecule has 0 saturated carbocycles. The molecule has 1 unspecified atom stereocenters. The molecule has 19 heavy (non-hydrogen) atoms. The molecule has 0 aromatic carbocycles. The highest BCUT2D eigenvalue weighted by Crippen LogP contribution is 2.33. The number of hydrogen-bond donors (Lipinski definition) is 3. The lowest BCUT2D eigenvalue weighted by Gasteiger charge is -2.36. The Morgan fingerprint density at radius 3 is 2.53 bits per heavy atom. The van der Waals surface area contributed by atoms with Crippen LogP contribution in [0.3, 0.4) is 0 Å². The van der Waals surface area contributed by atoms with Gasteiger partial charge >= 0.3 is 7.25 Å². The molecule has 1 atom stereocenters. The second kappa shape index (κ2) is 6.32. The van der Waals surface area contributed by atoms with Crippen LogP contribution >= 0.6 is 0 Å². The van der Waals surface area contributed by atoms with Crippen molar-refractivity contribution >= 4 is 13.0 Å². The van der Waals surface area contributed by atoms with Gasteiger partial charge in [-0.15, -0.1) is 0 Å². The number of ketones is 1. The Morgan fingerprint density at radius 2 is 1.95 bits per heavy atom.